The third kappa shape index (κ3) is 5.38. The van der Waals surface area contributed by atoms with Gasteiger partial charge in [0.05, 0.1) is 12.6 Å². The van der Waals surface area contributed by atoms with Gasteiger partial charge in [0, 0.05) is 9.50 Å². The first-order valence-corrected chi connectivity index (χ1v) is 6.95. The molecule has 1 rings (SSSR count). The van der Waals surface area contributed by atoms with Crippen molar-refractivity contribution in [2.45, 2.75) is 32.4 Å². The Bertz CT molecular complexity index is 460. The van der Waals surface area contributed by atoms with Crippen LogP contribution in [0.5, 0.6) is 0 Å². The Morgan fingerprint density at radius 1 is 1.53 bits per heavy atom. The molecule has 0 bridgehead atoms. The van der Waals surface area contributed by atoms with Crippen molar-refractivity contribution in [1.82, 2.24) is 5.32 Å². The average Bonchev–Trinajstić information content (AvgIpc) is 2.24. The van der Waals surface area contributed by atoms with E-state index in [0.717, 1.165) is 10.0 Å². The first-order valence-electron chi connectivity index (χ1n) is 5.78. The number of nitrogens with one attached hydrogen (secondary N) is 1. The van der Waals surface area contributed by atoms with Crippen LogP contribution >= 0.6 is 27.5 Å². The normalized spacial score (nSPS) is 12.9. The largest absolute Gasteiger partial charge is 0.444 e. The van der Waals surface area contributed by atoms with Gasteiger partial charge >= 0.3 is 6.09 Å². The zero-order valence-electron chi connectivity index (χ0n) is 11.0. The molecule has 4 nitrogen and oxygen atoms in total. The van der Waals surface area contributed by atoms with Gasteiger partial charge in [0.15, 0.2) is 0 Å². The lowest BCUT2D eigenvalue weighted by molar-refractivity contribution is 0.0481. The van der Waals surface area contributed by atoms with Gasteiger partial charge in [0.2, 0.25) is 0 Å². The number of carbonyl (C=O) groups is 1. The fourth-order valence-electron chi connectivity index (χ4n) is 1.46. The molecule has 0 radical (unpaired) electrons. The molecule has 0 heterocycles. The fourth-order valence-corrected chi connectivity index (χ4v) is 2.41. The SMILES string of the molecule is CC(C)(C)OC(=O)NC(CO)c1ccc(Cl)cc1Br. The Balaban J connectivity index is 2.81. The molecule has 0 saturated heterocycles. The summed E-state index contributed by atoms with van der Waals surface area (Å²) in [6, 6.07) is 4.59. The quantitative estimate of drug-likeness (QED) is 0.874. The summed E-state index contributed by atoms with van der Waals surface area (Å²) in [5.41, 5.74) is 0.152. The Morgan fingerprint density at radius 3 is 2.63 bits per heavy atom. The number of hydrogen-bond acceptors (Lipinski definition) is 3. The second-order valence-corrected chi connectivity index (χ2v) is 6.34. The van der Waals surface area contributed by atoms with Crippen LogP contribution in [-0.2, 0) is 4.74 Å². The standard InChI is InChI=1S/C13H17BrClNO3/c1-13(2,3)19-12(18)16-11(7-17)9-5-4-8(15)6-10(9)14/h4-6,11,17H,7H2,1-3H3,(H,16,18). The second kappa shape index (κ2) is 6.59. The smallest absolute Gasteiger partial charge is 0.408 e. The van der Waals surface area contributed by atoms with Gasteiger partial charge in [-0.15, -0.1) is 0 Å². The Hall–Kier alpha value is -0.780. The molecule has 106 valence electrons. The topological polar surface area (TPSA) is 58.6 Å². The molecule has 0 aromatic heterocycles. The third-order valence-electron chi connectivity index (χ3n) is 2.21. The lowest BCUT2D eigenvalue weighted by Gasteiger charge is -2.23. The van der Waals surface area contributed by atoms with Crippen LogP contribution in [0.1, 0.15) is 32.4 Å². The number of ether oxygens (including phenoxy) is 1. The number of benzene rings is 1. The van der Waals surface area contributed by atoms with E-state index in [1.54, 1.807) is 39.0 Å². The van der Waals surface area contributed by atoms with Crippen LogP contribution < -0.4 is 5.32 Å². The van der Waals surface area contributed by atoms with E-state index < -0.39 is 17.7 Å². The number of carbonyl (C=O) groups excluding carboxylic acids is 1. The number of hydrogen-bond donors (Lipinski definition) is 2. The van der Waals surface area contributed by atoms with Gasteiger partial charge in [-0.05, 0) is 38.5 Å². The lowest BCUT2D eigenvalue weighted by atomic mass is 10.1. The molecule has 19 heavy (non-hydrogen) atoms. The summed E-state index contributed by atoms with van der Waals surface area (Å²) in [6.07, 6.45) is -0.576. The Kier molecular flexibility index (Phi) is 5.64. The molecule has 1 aromatic carbocycles. The highest BCUT2D eigenvalue weighted by Crippen LogP contribution is 2.26. The molecule has 0 fully saturated rings. The van der Waals surface area contributed by atoms with Crippen LogP contribution in [0.25, 0.3) is 0 Å². The number of amides is 1. The molecule has 0 aliphatic rings. The van der Waals surface area contributed by atoms with Crippen molar-refractivity contribution in [3.05, 3.63) is 33.3 Å². The minimum Gasteiger partial charge on any atom is -0.444 e. The maximum atomic E-state index is 11.7. The Labute approximate surface area is 126 Å². The van der Waals surface area contributed by atoms with Crippen molar-refractivity contribution in [3.63, 3.8) is 0 Å². The average molecular weight is 351 g/mol. The van der Waals surface area contributed by atoms with E-state index in [4.69, 9.17) is 16.3 Å². The molecule has 1 unspecified atom stereocenters. The van der Waals surface area contributed by atoms with Crippen LogP contribution in [0.3, 0.4) is 0 Å². The first-order chi connectivity index (χ1) is 8.73. The van der Waals surface area contributed by atoms with Gasteiger partial charge in [-0.1, -0.05) is 33.6 Å². The Morgan fingerprint density at radius 2 is 2.16 bits per heavy atom. The number of rotatable bonds is 3. The van der Waals surface area contributed by atoms with Gasteiger partial charge in [0.1, 0.15) is 5.60 Å². The number of halogens is 2. The first kappa shape index (κ1) is 16.3. The number of aliphatic hydroxyl groups is 1. The van der Waals surface area contributed by atoms with Crippen molar-refractivity contribution >= 4 is 33.6 Å². The number of aliphatic hydroxyl groups excluding tert-OH is 1. The fraction of sp³-hybridized carbons (Fsp3) is 0.462. The molecule has 0 aliphatic carbocycles. The molecule has 6 heteroatoms. The van der Waals surface area contributed by atoms with Crippen molar-refractivity contribution in [3.8, 4) is 0 Å². The highest BCUT2D eigenvalue weighted by atomic mass is 79.9. The molecular weight excluding hydrogens is 334 g/mol. The van der Waals surface area contributed by atoms with Gasteiger partial charge in [0.25, 0.3) is 0 Å². The number of alkyl carbamates (subject to hydrolysis) is 1. The van der Waals surface area contributed by atoms with Crippen LogP contribution in [0.4, 0.5) is 4.79 Å². The molecular formula is C13H17BrClNO3. The lowest BCUT2D eigenvalue weighted by Crippen LogP contribution is -2.36. The summed E-state index contributed by atoms with van der Waals surface area (Å²) in [7, 11) is 0. The van der Waals surface area contributed by atoms with Crippen LogP contribution in [0.2, 0.25) is 5.02 Å². The van der Waals surface area contributed by atoms with E-state index in [9.17, 15) is 9.90 Å². The summed E-state index contributed by atoms with van der Waals surface area (Å²) < 4.78 is 5.87. The maximum absolute atomic E-state index is 11.7. The van der Waals surface area contributed by atoms with Gasteiger partial charge in [-0.3, -0.25) is 0 Å². The molecule has 0 spiro atoms. The van der Waals surface area contributed by atoms with Gasteiger partial charge < -0.3 is 15.2 Å². The molecule has 1 amide bonds. The highest BCUT2D eigenvalue weighted by molar-refractivity contribution is 9.10. The van der Waals surface area contributed by atoms with Crippen molar-refractivity contribution in [1.29, 1.82) is 0 Å². The van der Waals surface area contributed by atoms with E-state index in [0.29, 0.717) is 5.02 Å². The summed E-state index contributed by atoms with van der Waals surface area (Å²) in [4.78, 5) is 11.7. The predicted octanol–water partition coefficient (Wildman–Crippen LogP) is 3.66. The predicted molar refractivity (Wildman–Crippen MR) is 78.3 cm³/mol. The van der Waals surface area contributed by atoms with Crippen molar-refractivity contribution < 1.29 is 14.6 Å². The summed E-state index contributed by atoms with van der Waals surface area (Å²) in [6.45, 7) is 5.09. The molecule has 1 atom stereocenters. The van der Waals surface area contributed by atoms with Crippen molar-refractivity contribution in [2.24, 2.45) is 0 Å². The maximum Gasteiger partial charge on any atom is 0.408 e. The minimum absolute atomic E-state index is 0.237. The summed E-state index contributed by atoms with van der Waals surface area (Å²) >= 11 is 9.21. The van der Waals surface area contributed by atoms with Crippen LogP contribution in [-0.4, -0.2) is 23.4 Å². The zero-order valence-corrected chi connectivity index (χ0v) is 13.4. The minimum atomic E-state index is -0.582. The summed E-state index contributed by atoms with van der Waals surface area (Å²) in [5, 5.41) is 12.6. The third-order valence-corrected chi connectivity index (χ3v) is 3.13. The van der Waals surface area contributed by atoms with E-state index >= 15 is 0 Å². The van der Waals surface area contributed by atoms with E-state index in [2.05, 4.69) is 21.2 Å². The molecule has 2 N–H and O–H groups in total. The van der Waals surface area contributed by atoms with E-state index in [1.165, 1.54) is 0 Å². The zero-order chi connectivity index (χ0) is 14.6. The van der Waals surface area contributed by atoms with Gasteiger partial charge in [-0.2, -0.15) is 0 Å². The molecule has 1 aromatic rings. The summed E-state index contributed by atoms with van der Waals surface area (Å²) in [5.74, 6) is 0. The van der Waals surface area contributed by atoms with Crippen molar-refractivity contribution in [2.75, 3.05) is 6.61 Å². The van der Waals surface area contributed by atoms with Crippen LogP contribution in [0.15, 0.2) is 22.7 Å². The molecule has 0 aliphatic heterocycles. The monoisotopic (exact) mass is 349 g/mol. The van der Waals surface area contributed by atoms with Crippen LogP contribution in [0, 0.1) is 0 Å². The van der Waals surface area contributed by atoms with E-state index in [1.807, 2.05) is 0 Å². The van der Waals surface area contributed by atoms with E-state index in [-0.39, 0.29) is 6.61 Å². The molecule has 0 saturated carbocycles. The second-order valence-electron chi connectivity index (χ2n) is 5.05. The highest BCUT2D eigenvalue weighted by Gasteiger charge is 2.21. The van der Waals surface area contributed by atoms with Gasteiger partial charge in [-0.25, -0.2) is 4.79 Å².